The van der Waals surface area contributed by atoms with Crippen molar-refractivity contribution in [2.24, 2.45) is 40.7 Å². The van der Waals surface area contributed by atoms with Crippen molar-refractivity contribution >= 4 is 131 Å². The Labute approximate surface area is 796 Å². The Kier molecular flexibility index (Phi) is 47.9. The van der Waals surface area contributed by atoms with E-state index in [1.165, 1.54) is 74.3 Å². The predicted molar refractivity (Wildman–Crippen MR) is 503 cm³/mol. The molecule has 2 aromatic carbocycles. The minimum Gasteiger partial charge on any atom is -0.508 e. The maximum atomic E-state index is 15.1. The number of H-pyrrole nitrogens is 1. The van der Waals surface area contributed by atoms with Crippen LogP contribution in [0, 0.1) is 28.6 Å². The van der Waals surface area contributed by atoms with Gasteiger partial charge in [-0.3, -0.25) is 97.1 Å². The topological polar surface area (TPSA) is 727 Å². The molecule has 18 atom stereocenters. The first-order valence-corrected chi connectivity index (χ1v) is 46.6. The van der Waals surface area contributed by atoms with Crippen LogP contribution in [0.2, 0.25) is 0 Å². The van der Waals surface area contributed by atoms with Crippen LogP contribution < -0.4 is 108 Å². The number of carboxylic acids is 1. The van der Waals surface area contributed by atoms with Gasteiger partial charge in [0.25, 0.3) is 0 Å². The van der Waals surface area contributed by atoms with Gasteiger partial charge in [0.15, 0.2) is 11.9 Å². The van der Waals surface area contributed by atoms with E-state index in [9.17, 15) is 86.9 Å². The van der Waals surface area contributed by atoms with Gasteiger partial charge in [-0.2, -0.15) is 12.6 Å². The number of guanidine groups is 2. The van der Waals surface area contributed by atoms with Crippen LogP contribution in [-0.2, 0) is 106 Å². The molecule has 3 heterocycles. The standard InChI is InChI=1S/C89H140N26O20S/c1-11-48(5)70(112-79(127)63(42-55-29-31-57(117)32-30-55)108-74(122)51(8)101-78(126)62(41-54-22-14-13-15-23-54)110-81(129)66(45-136)103-53(10)116)84(132)102-52(9)73(121)107-61(26-19-37-98-89(94)95)86(134)114-38-20-28-68(114)83(131)111-65(40-47(3)4)87(135)115-39-21-27-67(115)82(130)105-60(25-18-36-97-88(92)93)76(124)100-50(7)75(123)109-64(43-56-44-96-46-99-56)80(128)113-71(49(6)12-2)85(133)106-59(24-16-17-35-90)77(125)104-58(72(91)120)33-34-69(118)119/h13-15,22-23,29-32,44,46-52,58-68,70-71,117,136H,11-12,16-21,24-28,33-43,45,90H2,1-10H3,(H2,91,120)(H,96,99)(H,100,124)(H,101,126)(H,102,132)(H,103,116)(H,104,125)(H,105,130)(H,106,133)(H,107,121)(H,108,122)(H,109,123)(H,110,129)(H,111,131)(H,112,127)(H,113,128)(H,118,119)(H4,92,93,97)(H4,94,95,98)/t48-,49-,50-,51-,52-,58-,59-,60-,61-,62-,63-,64-,65-,66-,67-,68-,70-,71-/m0/s1. The molecule has 752 valence electrons. The third kappa shape index (κ3) is 37.9. The van der Waals surface area contributed by atoms with Crippen molar-refractivity contribution in [3.05, 3.63) is 83.9 Å². The summed E-state index contributed by atoms with van der Waals surface area (Å²) < 4.78 is 0. The molecule has 0 unspecified atom stereocenters. The second kappa shape index (κ2) is 57.5. The van der Waals surface area contributed by atoms with Gasteiger partial charge in [-0.05, 0) is 152 Å². The van der Waals surface area contributed by atoms with Gasteiger partial charge in [-0.15, -0.1) is 0 Å². The summed E-state index contributed by atoms with van der Waals surface area (Å²) in [5.41, 5.74) is 23.8. The number of rotatable bonds is 58. The number of benzene rings is 2. The van der Waals surface area contributed by atoms with Gasteiger partial charge < -0.3 is 133 Å². The van der Waals surface area contributed by atoms with E-state index in [2.05, 4.69) is 108 Å². The van der Waals surface area contributed by atoms with Crippen molar-refractivity contribution in [2.75, 3.05) is 38.5 Å². The van der Waals surface area contributed by atoms with Crippen molar-refractivity contribution in [3.63, 3.8) is 0 Å². The largest absolute Gasteiger partial charge is 0.508 e. The van der Waals surface area contributed by atoms with E-state index in [1.54, 1.807) is 71.9 Å². The summed E-state index contributed by atoms with van der Waals surface area (Å²) in [6, 6.07) is -7.24. The Morgan fingerprint density at radius 1 is 0.471 bits per heavy atom. The van der Waals surface area contributed by atoms with Crippen LogP contribution in [0.4, 0.5) is 0 Å². The van der Waals surface area contributed by atoms with Gasteiger partial charge in [-0.1, -0.05) is 96.8 Å². The summed E-state index contributed by atoms with van der Waals surface area (Å²) in [5.74, 6) is -17.6. The molecule has 0 radical (unpaired) electrons. The number of hydrogen-bond acceptors (Lipinski definition) is 24. The Balaban J connectivity index is 1.32. The summed E-state index contributed by atoms with van der Waals surface area (Å²) in [6.45, 7) is 15.9. The molecule has 5 rings (SSSR count). The number of phenolic OH excluding ortho intramolecular Hbond substituents is 1. The molecule has 2 aliphatic rings. The average molecular weight is 1930 g/mol. The summed E-state index contributed by atoms with van der Waals surface area (Å²) in [7, 11) is 0. The molecule has 0 saturated carbocycles. The average Bonchev–Trinajstić information content (AvgIpc) is 1.64. The molecule has 2 fully saturated rings. The first-order valence-electron chi connectivity index (χ1n) is 46.0. The second-order valence-corrected chi connectivity index (χ2v) is 35.2. The van der Waals surface area contributed by atoms with E-state index in [0.29, 0.717) is 42.5 Å². The minimum absolute atomic E-state index is 0.00666. The molecular formula is C89H140N26O20S. The number of aliphatic carboxylic acids is 1. The summed E-state index contributed by atoms with van der Waals surface area (Å²) in [6.07, 6.45) is 3.53. The molecular weight excluding hydrogens is 1790 g/mol. The van der Waals surface area contributed by atoms with Gasteiger partial charge in [0, 0.05) is 76.4 Å². The number of phenols is 1. The highest BCUT2D eigenvalue weighted by Crippen LogP contribution is 2.26. The third-order valence-corrected chi connectivity index (χ3v) is 23.7. The van der Waals surface area contributed by atoms with Gasteiger partial charge in [-0.25, -0.2) is 4.98 Å². The van der Waals surface area contributed by atoms with Crippen LogP contribution in [-0.4, -0.2) is 283 Å². The van der Waals surface area contributed by atoms with E-state index in [-0.39, 0.29) is 146 Å². The van der Waals surface area contributed by atoms with Crippen LogP contribution in [0.1, 0.15) is 189 Å². The fraction of sp³-hybridized carbons (Fsp3) is 0.607. The maximum absolute atomic E-state index is 15.1. The zero-order chi connectivity index (χ0) is 101. The van der Waals surface area contributed by atoms with Crippen molar-refractivity contribution < 1.29 is 96.5 Å². The van der Waals surface area contributed by atoms with Crippen LogP contribution in [0.5, 0.6) is 5.75 Å². The van der Waals surface area contributed by atoms with Crippen LogP contribution in [0.25, 0.3) is 0 Å². The van der Waals surface area contributed by atoms with E-state index in [1.807, 2.05) is 0 Å². The molecule has 136 heavy (non-hydrogen) atoms. The van der Waals surface area contributed by atoms with Crippen LogP contribution >= 0.6 is 12.6 Å². The number of aromatic hydroxyl groups is 1. The number of amides is 17. The monoisotopic (exact) mass is 1930 g/mol. The van der Waals surface area contributed by atoms with E-state index >= 15 is 9.59 Å². The number of likely N-dealkylation sites (tertiary alicyclic amines) is 2. The number of nitrogens with two attached hydrogens (primary N) is 4. The lowest BCUT2D eigenvalue weighted by molar-refractivity contribution is -0.145. The Hall–Kier alpha value is -13.2. The number of imidazole rings is 1. The highest BCUT2D eigenvalue weighted by molar-refractivity contribution is 7.80. The highest BCUT2D eigenvalue weighted by atomic mass is 32.1. The molecule has 47 heteroatoms. The first kappa shape index (κ1) is 113. The van der Waals surface area contributed by atoms with E-state index in [4.69, 9.17) is 33.8 Å². The molecule has 2 aliphatic heterocycles. The lowest BCUT2D eigenvalue weighted by Gasteiger charge is -2.33. The molecule has 46 nitrogen and oxygen atoms in total. The van der Waals surface area contributed by atoms with Crippen molar-refractivity contribution in [1.82, 2.24) is 105 Å². The quantitative estimate of drug-likeness (QED) is 0.0111. The fourth-order valence-corrected chi connectivity index (χ4v) is 15.5. The number of thiol groups is 1. The first-order chi connectivity index (χ1) is 64.4. The number of aromatic amines is 1. The zero-order valence-corrected chi connectivity index (χ0v) is 79.7. The maximum Gasteiger partial charge on any atom is 0.303 e. The molecule has 0 spiro atoms. The van der Waals surface area contributed by atoms with Crippen LogP contribution in [0.3, 0.4) is 0 Å². The fourth-order valence-electron chi connectivity index (χ4n) is 15.3. The molecule has 3 aromatic rings. The lowest BCUT2D eigenvalue weighted by Crippen LogP contribution is -2.61. The van der Waals surface area contributed by atoms with Gasteiger partial charge in [0.1, 0.15) is 102 Å². The van der Waals surface area contributed by atoms with Gasteiger partial charge in [0.2, 0.25) is 100 Å². The van der Waals surface area contributed by atoms with Crippen molar-refractivity contribution in [2.45, 2.75) is 288 Å². The van der Waals surface area contributed by atoms with Crippen molar-refractivity contribution in [1.29, 1.82) is 10.8 Å². The predicted octanol–water partition coefficient (Wildman–Crippen LogP) is -3.93. The highest BCUT2D eigenvalue weighted by Gasteiger charge is 2.45. The van der Waals surface area contributed by atoms with E-state index in [0.717, 1.165) is 0 Å². The minimum atomic E-state index is -1.48. The molecule has 1 aromatic heterocycles. The third-order valence-electron chi connectivity index (χ3n) is 23.4. The molecule has 17 amide bonds. The number of carbonyl (C=O) groups is 18. The SMILES string of the molecule is CC[C@H](C)[C@H](NC(=O)[C@H](Cc1ccc(O)cc1)NC(=O)[C@H](C)NC(=O)[C@H](Cc1ccccc1)NC(=O)[C@H](CS)NC(C)=O)C(=O)N[C@@H](C)C(=O)N[C@@H](CCCNC(=N)N)C(=O)N1CCC[C@H]1C(=O)N[C@@H](CC(C)C)C(=O)N1CCC[C@H]1C(=O)N[C@@H](CCCNC(=N)N)C(=O)N[C@@H](C)C(=O)N[C@@H](Cc1cnc[nH]1)C(=O)N[C@H](C(=O)N[C@@H](CCCCN)C(=O)N[C@@H](CCC(=O)O)C(N)=O)[C@@H](C)CC. The van der Waals surface area contributed by atoms with E-state index < -0.39 is 227 Å². The summed E-state index contributed by atoms with van der Waals surface area (Å²) in [4.78, 5) is 262. The Morgan fingerprint density at radius 3 is 1.33 bits per heavy atom. The summed E-state index contributed by atoms with van der Waals surface area (Å²) >= 11 is 4.19. The number of unbranched alkanes of at least 4 members (excludes halogenated alkanes) is 1. The number of carbonyl (C=O) groups excluding carboxylic acids is 17. The second-order valence-electron chi connectivity index (χ2n) is 34.8. The van der Waals surface area contributed by atoms with Gasteiger partial charge in [0.05, 0.1) is 6.33 Å². The van der Waals surface area contributed by atoms with Crippen LogP contribution in [0.15, 0.2) is 67.1 Å². The normalized spacial score (nSPS) is 16.9. The van der Waals surface area contributed by atoms with Crippen molar-refractivity contribution in [3.8, 4) is 5.75 Å². The number of nitrogens with zero attached hydrogens (tertiary/aromatic N) is 3. The number of primary amides is 1. The van der Waals surface area contributed by atoms with Gasteiger partial charge >= 0.3 is 5.97 Å². The summed E-state index contributed by atoms with van der Waals surface area (Å²) in [5, 5.41) is 77.2. The smallest absolute Gasteiger partial charge is 0.303 e. The Morgan fingerprint density at radius 2 is 0.875 bits per heavy atom. The number of aromatic nitrogens is 2. The molecule has 0 bridgehead atoms. The zero-order valence-electron chi connectivity index (χ0n) is 78.8. The molecule has 2 saturated heterocycles. The molecule has 0 aliphatic carbocycles. The molecule has 29 N–H and O–H groups in total. The Bertz CT molecular complexity index is 4570. The lowest BCUT2D eigenvalue weighted by atomic mass is 9.96. The number of nitrogens with one attached hydrogen (secondary N) is 19. The number of carboxylic acid groups (broad SMARTS) is 1. The number of hydrogen-bond donors (Lipinski definition) is 26.